The van der Waals surface area contributed by atoms with E-state index in [1.165, 1.54) is 6.34 Å². The van der Waals surface area contributed by atoms with Gasteiger partial charge in [0.15, 0.2) is 0 Å². The molecule has 2 aliphatic heterocycles. The molecule has 2 aliphatic rings. The molecule has 0 aromatic rings. The van der Waals surface area contributed by atoms with Crippen LogP contribution in [0.1, 0.15) is 0 Å². The van der Waals surface area contributed by atoms with Gasteiger partial charge in [0.25, 0.3) is 0 Å². The zero-order chi connectivity index (χ0) is 9.97. The van der Waals surface area contributed by atoms with Crippen molar-refractivity contribution in [3.05, 3.63) is 12.7 Å². The van der Waals surface area contributed by atoms with Crippen molar-refractivity contribution < 1.29 is 0 Å². The zero-order valence-corrected chi connectivity index (χ0v) is 8.94. The number of nitrogens with zero attached hydrogens (tertiary/aromatic N) is 3. The summed E-state index contributed by atoms with van der Waals surface area (Å²) >= 11 is 6.64. The molecular formula is C8H8N4S2. The first kappa shape index (κ1) is 9.54. The van der Waals surface area contributed by atoms with Crippen LogP contribution in [0, 0.1) is 0 Å². The van der Waals surface area contributed by atoms with E-state index in [1.807, 2.05) is 6.08 Å². The highest BCUT2D eigenvalue weighted by Crippen LogP contribution is 2.16. The van der Waals surface area contributed by atoms with E-state index in [4.69, 9.17) is 12.2 Å². The average Bonchev–Trinajstić information content (AvgIpc) is 2.66. The molecule has 4 nitrogen and oxygen atoms in total. The van der Waals surface area contributed by atoms with Gasteiger partial charge in [0.2, 0.25) is 0 Å². The normalized spacial score (nSPS) is 23.7. The summed E-state index contributed by atoms with van der Waals surface area (Å²) in [5, 5.41) is 4.97. The molecule has 0 aromatic carbocycles. The highest BCUT2D eigenvalue weighted by Gasteiger charge is 2.30. The lowest BCUT2D eigenvalue weighted by Crippen LogP contribution is -2.42. The molecule has 6 heteroatoms. The smallest absolute Gasteiger partial charge is 0.148 e. The van der Waals surface area contributed by atoms with Crippen molar-refractivity contribution in [2.45, 2.75) is 6.04 Å². The summed E-state index contributed by atoms with van der Waals surface area (Å²) in [7, 11) is 0. The second-order valence-electron chi connectivity index (χ2n) is 2.67. The van der Waals surface area contributed by atoms with Crippen molar-refractivity contribution in [3.8, 4) is 0 Å². The topological polar surface area (TPSA) is 49.1 Å². The number of fused-ring (bicyclic) bond motifs is 1. The van der Waals surface area contributed by atoms with E-state index in [-0.39, 0.29) is 6.04 Å². The van der Waals surface area contributed by atoms with E-state index in [0.717, 1.165) is 16.5 Å². The fraction of sp³-hybridized carbons (Fsp3) is 0.250. The molecule has 1 N–H and O–H groups in total. The molecule has 0 fully saturated rings. The van der Waals surface area contributed by atoms with Gasteiger partial charge >= 0.3 is 0 Å². The Morgan fingerprint density at radius 1 is 1.71 bits per heavy atom. The first-order valence-electron chi connectivity index (χ1n) is 4.04. The first-order chi connectivity index (χ1) is 6.83. The Hall–Kier alpha value is -1.01. The molecular weight excluding hydrogens is 216 g/mol. The lowest BCUT2D eigenvalue weighted by molar-refractivity contribution is 0.979. The van der Waals surface area contributed by atoms with Crippen LogP contribution in [0.15, 0.2) is 27.7 Å². The summed E-state index contributed by atoms with van der Waals surface area (Å²) in [5.41, 5.74) is 3.63. The lowest BCUT2D eigenvalue weighted by Gasteiger charge is -2.18. The van der Waals surface area contributed by atoms with Gasteiger partial charge in [-0.3, -0.25) is 10.4 Å². The predicted octanol–water partition coefficient (Wildman–Crippen LogP) is 1.00. The Morgan fingerprint density at radius 3 is 3.36 bits per heavy atom. The van der Waals surface area contributed by atoms with E-state index >= 15 is 0 Å². The van der Waals surface area contributed by atoms with Gasteiger partial charge in [-0.1, -0.05) is 30.1 Å². The van der Waals surface area contributed by atoms with Crippen molar-refractivity contribution in [2.24, 2.45) is 15.1 Å². The molecule has 1 unspecified atom stereocenters. The maximum Gasteiger partial charge on any atom is 0.148 e. The maximum absolute atomic E-state index is 5.07. The van der Waals surface area contributed by atoms with Crippen LogP contribution in [0.2, 0.25) is 0 Å². The Balaban J connectivity index is 2.19. The average molecular weight is 224 g/mol. The minimum absolute atomic E-state index is 0.130. The summed E-state index contributed by atoms with van der Waals surface area (Å²) in [6, 6.07) is -0.130. The first-order valence-corrected chi connectivity index (χ1v) is 5.43. The highest BCUT2D eigenvalue weighted by molar-refractivity contribution is 8.15. The quantitative estimate of drug-likeness (QED) is 0.562. The Bertz CT molecular complexity index is 370. The minimum atomic E-state index is -0.130. The number of hydrazone groups is 1. The number of hydrogen-bond acceptors (Lipinski definition) is 5. The van der Waals surface area contributed by atoms with Gasteiger partial charge in [0.05, 0.1) is 0 Å². The lowest BCUT2D eigenvalue weighted by atomic mass is 10.2. The molecule has 0 radical (unpaired) electrons. The second kappa shape index (κ2) is 4.02. The van der Waals surface area contributed by atoms with Gasteiger partial charge in [0, 0.05) is 5.75 Å². The van der Waals surface area contributed by atoms with Gasteiger partial charge in [-0.2, -0.15) is 5.10 Å². The number of hydrogen-bond donors (Lipinski definition) is 1. The van der Waals surface area contributed by atoms with Crippen molar-refractivity contribution in [1.82, 2.24) is 5.43 Å². The molecule has 0 saturated heterocycles. The van der Waals surface area contributed by atoms with E-state index in [1.54, 1.807) is 11.8 Å². The molecule has 0 spiro atoms. The Morgan fingerprint density at radius 2 is 2.57 bits per heavy atom. The second-order valence-corrected chi connectivity index (χ2v) is 4.12. The molecule has 0 aromatic heterocycles. The Labute approximate surface area is 91.3 Å². The summed E-state index contributed by atoms with van der Waals surface area (Å²) < 4.78 is 0. The van der Waals surface area contributed by atoms with Gasteiger partial charge < -0.3 is 0 Å². The predicted molar refractivity (Wildman–Crippen MR) is 65.5 cm³/mol. The number of thiocarbonyl (C=S) groups is 1. The van der Waals surface area contributed by atoms with Crippen molar-refractivity contribution in [2.75, 3.05) is 5.75 Å². The Kier molecular flexibility index (Phi) is 2.74. The molecule has 14 heavy (non-hydrogen) atoms. The van der Waals surface area contributed by atoms with Crippen LogP contribution in [0.5, 0.6) is 0 Å². The zero-order valence-electron chi connectivity index (χ0n) is 7.30. The number of aliphatic imine (C=N–C) groups is 2. The number of thioether (sulfide) groups is 1. The SMILES string of the molecule is C=CCSC1=NNC(=S)C2N=CN=C12. The van der Waals surface area contributed by atoms with Crippen LogP contribution >= 0.6 is 24.0 Å². The number of nitrogens with one attached hydrogen (secondary N) is 1. The molecule has 2 rings (SSSR count). The van der Waals surface area contributed by atoms with Crippen molar-refractivity contribution in [3.63, 3.8) is 0 Å². The van der Waals surface area contributed by atoms with Gasteiger partial charge in [-0.05, 0) is 0 Å². The summed E-state index contributed by atoms with van der Waals surface area (Å²) in [5.74, 6) is 0.805. The minimum Gasteiger partial charge on any atom is -0.268 e. The van der Waals surface area contributed by atoms with E-state index < -0.39 is 0 Å². The molecule has 0 aliphatic carbocycles. The van der Waals surface area contributed by atoms with Crippen molar-refractivity contribution in [1.29, 1.82) is 0 Å². The summed E-state index contributed by atoms with van der Waals surface area (Å²) in [6.45, 7) is 3.65. The third-order valence-corrected chi connectivity index (χ3v) is 3.04. The van der Waals surface area contributed by atoms with Crippen LogP contribution in [-0.4, -0.2) is 33.9 Å². The van der Waals surface area contributed by atoms with E-state index in [2.05, 4.69) is 27.1 Å². The van der Waals surface area contributed by atoms with Gasteiger partial charge in [-0.15, -0.1) is 6.58 Å². The molecule has 72 valence electrons. The van der Waals surface area contributed by atoms with Gasteiger partial charge in [0.1, 0.15) is 28.1 Å². The van der Waals surface area contributed by atoms with Crippen LogP contribution in [0.3, 0.4) is 0 Å². The molecule has 0 saturated carbocycles. The van der Waals surface area contributed by atoms with E-state index in [9.17, 15) is 0 Å². The van der Waals surface area contributed by atoms with Gasteiger partial charge in [-0.25, -0.2) is 4.99 Å². The van der Waals surface area contributed by atoms with Crippen LogP contribution < -0.4 is 5.43 Å². The van der Waals surface area contributed by atoms with Crippen molar-refractivity contribution >= 4 is 46.1 Å². The fourth-order valence-electron chi connectivity index (χ4n) is 1.14. The third kappa shape index (κ3) is 1.62. The van der Waals surface area contributed by atoms with Crippen LogP contribution in [0.25, 0.3) is 0 Å². The molecule has 0 amide bonds. The monoisotopic (exact) mass is 224 g/mol. The molecule has 2 heterocycles. The standard InChI is InChI=1S/C8H8N4S2/c1-2-3-14-8-6-5(9-4-10-6)7(13)11-12-8/h2,4-5H,1,3H2,(H,11,13). The molecule has 1 atom stereocenters. The van der Waals surface area contributed by atoms with Crippen LogP contribution in [-0.2, 0) is 0 Å². The van der Waals surface area contributed by atoms with E-state index in [0.29, 0.717) is 4.99 Å². The fourth-order valence-corrected chi connectivity index (χ4v) is 2.05. The summed E-state index contributed by atoms with van der Waals surface area (Å²) in [4.78, 5) is 8.91. The largest absolute Gasteiger partial charge is 0.268 e. The molecule has 0 bridgehead atoms. The summed E-state index contributed by atoms with van der Waals surface area (Å²) in [6.07, 6.45) is 3.36. The number of rotatable bonds is 2. The maximum atomic E-state index is 5.07. The van der Waals surface area contributed by atoms with Crippen LogP contribution in [0.4, 0.5) is 0 Å². The third-order valence-electron chi connectivity index (χ3n) is 1.74. The highest BCUT2D eigenvalue weighted by atomic mass is 32.2.